The second-order valence-electron chi connectivity index (χ2n) is 6.13. The molecule has 1 aliphatic rings. The van der Waals surface area contributed by atoms with Crippen molar-refractivity contribution in [3.8, 4) is 5.75 Å². The minimum Gasteiger partial charge on any atom is -0.495 e. The van der Waals surface area contributed by atoms with E-state index in [4.69, 9.17) is 4.74 Å². The Balaban J connectivity index is 1.85. The zero-order chi connectivity index (χ0) is 20.5. The number of carbonyl (C=O) groups excluding carboxylic acids is 1. The Morgan fingerprint density at radius 1 is 1.07 bits per heavy atom. The molecule has 1 saturated heterocycles. The number of anilines is 3. The normalized spacial score (nSPS) is 15.0. The summed E-state index contributed by atoms with van der Waals surface area (Å²) < 4.78 is 66.0. The summed E-state index contributed by atoms with van der Waals surface area (Å²) in [5.74, 6) is 0.504. The molecule has 28 heavy (non-hydrogen) atoms. The van der Waals surface area contributed by atoms with Crippen molar-refractivity contribution in [1.29, 1.82) is 0 Å². The number of alkyl halides is 3. The van der Waals surface area contributed by atoms with Crippen LogP contribution >= 0.6 is 0 Å². The van der Waals surface area contributed by atoms with E-state index < -0.39 is 20.2 Å². The highest BCUT2D eigenvalue weighted by molar-refractivity contribution is 7.92. The molecule has 2 aromatic rings. The average molecular weight is 414 g/mol. The lowest BCUT2D eigenvalue weighted by molar-refractivity contribution is -0.117. The summed E-state index contributed by atoms with van der Waals surface area (Å²) >= 11 is 0. The van der Waals surface area contributed by atoms with E-state index in [2.05, 4.69) is 5.32 Å². The highest BCUT2D eigenvalue weighted by atomic mass is 32.2. The summed E-state index contributed by atoms with van der Waals surface area (Å²) in [6.07, 6.45) is 1.20. The first kappa shape index (κ1) is 20.0. The van der Waals surface area contributed by atoms with E-state index in [9.17, 15) is 26.4 Å². The molecule has 1 aliphatic heterocycles. The number of sulfone groups is 1. The highest BCUT2D eigenvalue weighted by Crippen LogP contribution is 2.35. The third-order valence-corrected chi connectivity index (χ3v) is 5.80. The highest BCUT2D eigenvalue weighted by Gasteiger charge is 2.46. The molecule has 2 aromatic carbocycles. The van der Waals surface area contributed by atoms with E-state index >= 15 is 0 Å². The van der Waals surface area contributed by atoms with E-state index in [0.29, 0.717) is 35.8 Å². The molecule has 1 heterocycles. The summed E-state index contributed by atoms with van der Waals surface area (Å²) in [5.41, 5.74) is -3.80. The van der Waals surface area contributed by atoms with Crippen LogP contribution in [0.25, 0.3) is 0 Å². The van der Waals surface area contributed by atoms with Gasteiger partial charge in [0.15, 0.2) is 0 Å². The van der Waals surface area contributed by atoms with Gasteiger partial charge < -0.3 is 15.0 Å². The Hall–Kier alpha value is -2.75. The molecular formula is C18H17F3N2O4S. The third kappa shape index (κ3) is 3.77. The summed E-state index contributed by atoms with van der Waals surface area (Å²) in [5, 5.41) is 2.98. The molecule has 0 atom stereocenters. The van der Waals surface area contributed by atoms with Crippen LogP contribution in [-0.2, 0) is 14.6 Å². The van der Waals surface area contributed by atoms with Gasteiger partial charge in [0, 0.05) is 24.3 Å². The maximum absolute atomic E-state index is 12.6. The lowest BCUT2D eigenvalue weighted by Gasteiger charge is -2.20. The van der Waals surface area contributed by atoms with Gasteiger partial charge in [0.25, 0.3) is 9.84 Å². The monoisotopic (exact) mass is 414 g/mol. The van der Waals surface area contributed by atoms with Gasteiger partial charge in [-0.3, -0.25) is 4.79 Å². The Morgan fingerprint density at radius 3 is 2.25 bits per heavy atom. The minimum absolute atomic E-state index is 0.0165. The largest absolute Gasteiger partial charge is 0.501 e. The number of methoxy groups -OCH3 is 1. The first-order valence-corrected chi connectivity index (χ1v) is 9.78. The number of hydrogen-bond donors (Lipinski definition) is 1. The molecule has 1 fully saturated rings. The van der Waals surface area contributed by atoms with Gasteiger partial charge in [0.05, 0.1) is 17.7 Å². The van der Waals surface area contributed by atoms with Gasteiger partial charge in [-0.1, -0.05) is 0 Å². The minimum atomic E-state index is -5.39. The molecule has 0 saturated carbocycles. The van der Waals surface area contributed by atoms with E-state index in [0.717, 1.165) is 18.6 Å². The number of ether oxygens (including phenoxy) is 1. The lowest BCUT2D eigenvalue weighted by Crippen LogP contribution is -2.24. The van der Waals surface area contributed by atoms with Crippen molar-refractivity contribution in [2.75, 3.05) is 23.9 Å². The van der Waals surface area contributed by atoms with Crippen LogP contribution in [-0.4, -0.2) is 33.5 Å². The fourth-order valence-electron chi connectivity index (χ4n) is 2.90. The van der Waals surface area contributed by atoms with Crippen molar-refractivity contribution in [3.05, 3.63) is 42.5 Å². The molecule has 0 spiro atoms. The number of halogens is 3. The third-order valence-electron chi connectivity index (χ3n) is 4.30. The van der Waals surface area contributed by atoms with E-state index in [1.165, 1.54) is 19.2 Å². The molecule has 3 rings (SSSR count). The SMILES string of the molecule is COc1ccc(Nc2ccc(S(=O)(=O)C(F)(F)F)cc2)cc1N1CCCC1=O. The van der Waals surface area contributed by atoms with Gasteiger partial charge in [-0.15, -0.1) is 0 Å². The van der Waals surface area contributed by atoms with Crippen molar-refractivity contribution in [1.82, 2.24) is 0 Å². The van der Waals surface area contributed by atoms with Crippen LogP contribution in [0.4, 0.5) is 30.2 Å². The number of rotatable bonds is 5. The number of amides is 1. The second kappa shape index (κ2) is 7.34. The van der Waals surface area contributed by atoms with Crippen LogP contribution in [0.5, 0.6) is 5.75 Å². The van der Waals surface area contributed by atoms with Gasteiger partial charge in [-0.2, -0.15) is 13.2 Å². The van der Waals surface area contributed by atoms with Crippen LogP contribution in [0.2, 0.25) is 0 Å². The summed E-state index contributed by atoms with van der Waals surface area (Å²) in [7, 11) is -3.90. The predicted molar refractivity (Wildman–Crippen MR) is 97.5 cm³/mol. The molecule has 0 bridgehead atoms. The first-order valence-electron chi connectivity index (χ1n) is 8.30. The average Bonchev–Trinajstić information content (AvgIpc) is 3.07. The van der Waals surface area contributed by atoms with Crippen LogP contribution in [0.1, 0.15) is 12.8 Å². The zero-order valence-corrected chi connectivity index (χ0v) is 15.6. The molecule has 10 heteroatoms. The maximum atomic E-state index is 12.6. The van der Waals surface area contributed by atoms with Crippen molar-refractivity contribution in [2.24, 2.45) is 0 Å². The summed E-state index contributed by atoms with van der Waals surface area (Å²) in [6, 6.07) is 9.31. The van der Waals surface area contributed by atoms with Crippen molar-refractivity contribution < 1.29 is 31.1 Å². The Labute approximate surface area is 159 Å². The number of carbonyl (C=O) groups is 1. The fraction of sp³-hybridized carbons (Fsp3) is 0.278. The van der Waals surface area contributed by atoms with E-state index in [1.54, 1.807) is 23.1 Å². The van der Waals surface area contributed by atoms with E-state index in [-0.39, 0.29) is 5.91 Å². The van der Waals surface area contributed by atoms with Crippen molar-refractivity contribution in [2.45, 2.75) is 23.2 Å². The Kier molecular flexibility index (Phi) is 5.24. The Bertz CT molecular complexity index is 989. The summed E-state index contributed by atoms with van der Waals surface area (Å²) in [6.45, 7) is 0.572. The molecular weight excluding hydrogens is 397 g/mol. The quantitative estimate of drug-likeness (QED) is 0.804. The van der Waals surface area contributed by atoms with E-state index in [1.807, 2.05) is 0 Å². The first-order chi connectivity index (χ1) is 13.1. The second-order valence-corrected chi connectivity index (χ2v) is 8.08. The topological polar surface area (TPSA) is 75.7 Å². The molecule has 0 unspecified atom stereocenters. The molecule has 150 valence electrons. The number of benzene rings is 2. The maximum Gasteiger partial charge on any atom is 0.501 e. The molecule has 0 aromatic heterocycles. The van der Waals surface area contributed by atoms with Crippen LogP contribution < -0.4 is 15.0 Å². The fourth-order valence-corrected chi connectivity index (χ4v) is 3.66. The smallest absolute Gasteiger partial charge is 0.495 e. The molecule has 0 aliphatic carbocycles. The lowest BCUT2D eigenvalue weighted by atomic mass is 10.2. The van der Waals surface area contributed by atoms with Gasteiger partial charge in [-0.25, -0.2) is 8.42 Å². The molecule has 1 N–H and O–H groups in total. The van der Waals surface area contributed by atoms with Crippen LogP contribution in [0.3, 0.4) is 0 Å². The molecule has 0 radical (unpaired) electrons. The van der Waals surface area contributed by atoms with Gasteiger partial charge >= 0.3 is 5.51 Å². The van der Waals surface area contributed by atoms with Gasteiger partial charge in [0.2, 0.25) is 5.91 Å². The summed E-state index contributed by atoms with van der Waals surface area (Å²) in [4.78, 5) is 12.8. The number of nitrogens with zero attached hydrogens (tertiary/aromatic N) is 1. The predicted octanol–water partition coefficient (Wildman–Crippen LogP) is 3.86. The van der Waals surface area contributed by atoms with Crippen molar-refractivity contribution in [3.63, 3.8) is 0 Å². The van der Waals surface area contributed by atoms with Crippen LogP contribution in [0.15, 0.2) is 47.4 Å². The van der Waals surface area contributed by atoms with Gasteiger partial charge in [-0.05, 0) is 48.9 Å². The number of nitrogens with one attached hydrogen (secondary N) is 1. The van der Waals surface area contributed by atoms with Crippen LogP contribution in [0, 0.1) is 0 Å². The van der Waals surface area contributed by atoms with Crippen molar-refractivity contribution >= 4 is 32.8 Å². The standard InChI is InChI=1S/C18H17F3N2O4S/c1-27-16-9-6-13(11-15(16)23-10-2-3-17(23)24)22-12-4-7-14(8-5-12)28(25,26)18(19,20)21/h4-9,11,22H,2-3,10H2,1H3. The number of hydrogen-bond acceptors (Lipinski definition) is 5. The molecule has 1 amide bonds. The molecule has 6 nitrogen and oxygen atoms in total. The van der Waals surface area contributed by atoms with Gasteiger partial charge in [0.1, 0.15) is 5.75 Å². The zero-order valence-electron chi connectivity index (χ0n) is 14.8. The Morgan fingerprint density at radius 2 is 1.71 bits per heavy atom.